The van der Waals surface area contributed by atoms with Gasteiger partial charge in [-0.25, -0.2) is 0 Å². The number of nitrogens with zero attached hydrogens (tertiary/aromatic N) is 1. The molecule has 60 valence electrons. The van der Waals surface area contributed by atoms with Crippen molar-refractivity contribution in [2.75, 3.05) is 0 Å². The molecule has 0 atom stereocenters. The Balaban J connectivity index is 2.38. The number of hydrogen-bond donors (Lipinski definition) is 0. The Morgan fingerprint density at radius 3 is 2.67 bits per heavy atom. The molecule has 1 nitrogen and oxygen atoms in total. The molecule has 2 heteroatoms. The summed E-state index contributed by atoms with van der Waals surface area (Å²) in [6, 6.07) is 8.32. The highest BCUT2D eigenvalue weighted by Crippen LogP contribution is 2.40. The molecule has 0 unspecified atom stereocenters. The molecule has 0 amide bonds. The van der Waals surface area contributed by atoms with E-state index in [1.807, 2.05) is 6.07 Å². The van der Waals surface area contributed by atoms with Crippen LogP contribution in [0.25, 0.3) is 0 Å². The standard InChI is InChI=1S/C10H8IN/c11-10-5-8(7-1-2-7)3-4-9(10)6-12/h3-5,7H,1-2H2. The summed E-state index contributed by atoms with van der Waals surface area (Å²) >= 11 is 2.22. The first-order chi connectivity index (χ1) is 5.81. The minimum atomic E-state index is 0.784. The van der Waals surface area contributed by atoms with Gasteiger partial charge in [0.05, 0.1) is 5.56 Å². The van der Waals surface area contributed by atoms with Gasteiger partial charge in [0, 0.05) is 3.57 Å². The molecule has 0 heterocycles. The summed E-state index contributed by atoms with van der Waals surface area (Å²) in [4.78, 5) is 0. The molecule has 1 aliphatic carbocycles. The van der Waals surface area contributed by atoms with Crippen LogP contribution >= 0.6 is 22.6 Å². The quantitative estimate of drug-likeness (QED) is 0.719. The first-order valence-electron chi connectivity index (χ1n) is 4.01. The van der Waals surface area contributed by atoms with Crippen molar-refractivity contribution < 1.29 is 0 Å². The summed E-state index contributed by atoms with van der Waals surface area (Å²) in [5, 5.41) is 8.71. The van der Waals surface area contributed by atoms with E-state index in [-0.39, 0.29) is 0 Å². The molecular weight excluding hydrogens is 261 g/mol. The third kappa shape index (κ3) is 1.46. The maximum absolute atomic E-state index is 8.71. The maximum Gasteiger partial charge on any atom is 0.100 e. The predicted molar refractivity (Wildman–Crippen MR) is 55.8 cm³/mol. The van der Waals surface area contributed by atoms with E-state index in [2.05, 4.69) is 40.8 Å². The van der Waals surface area contributed by atoms with E-state index >= 15 is 0 Å². The van der Waals surface area contributed by atoms with Crippen molar-refractivity contribution in [1.29, 1.82) is 5.26 Å². The third-order valence-electron chi connectivity index (χ3n) is 2.16. The van der Waals surface area contributed by atoms with Gasteiger partial charge in [0.15, 0.2) is 0 Å². The van der Waals surface area contributed by atoms with E-state index in [1.165, 1.54) is 18.4 Å². The number of hydrogen-bond acceptors (Lipinski definition) is 1. The molecule has 0 radical (unpaired) electrons. The van der Waals surface area contributed by atoms with Crippen LogP contribution < -0.4 is 0 Å². The van der Waals surface area contributed by atoms with Crippen molar-refractivity contribution in [1.82, 2.24) is 0 Å². The van der Waals surface area contributed by atoms with Crippen LogP contribution in [0.2, 0.25) is 0 Å². The lowest BCUT2D eigenvalue weighted by Crippen LogP contribution is -1.85. The van der Waals surface area contributed by atoms with Crippen molar-refractivity contribution in [3.05, 3.63) is 32.9 Å². The van der Waals surface area contributed by atoms with Gasteiger partial charge in [-0.1, -0.05) is 6.07 Å². The summed E-state index contributed by atoms with van der Waals surface area (Å²) in [6.07, 6.45) is 2.64. The molecule has 1 aromatic carbocycles. The summed E-state index contributed by atoms with van der Waals surface area (Å²) in [5.74, 6) is 0.784. The van der Waals surface area contributed by atoms with E-state index in [9.17, 15) is 0 Å². The third-order valence-corrected chi connectivity index (χ3v) is 3.05. The highest BCUT2D eigenvalue weighted by Gasteiger charge is 2.23. The lowest BCUT2D eigenvalue weighted by molar-refractivity contribution is 1.12. The lowest BCUT2D eigenvalue weighted by Gasteiger charge is -1.99. The molecule has 0 aliphatic heterocycles. The van der Waals surface area contributed by atoms with Crippen LogP contribution in [0.15, 0.2) is 18.2 Å². The highest BCUT2D eigenvalue weighted by molar-refractivity contribution is 14.1. The van der Waals surface area contributed by atoms with Crippen LogP contribution in [-0.2, 0) is 0 Å². The zero-order valence-electron chi connectivity index (χ0n) is 6.55. The van der Waals surface area contributed by atoms with Gasteiger partial charge in [-0.2, -0.15) is 5.26 Å². The van der Waals surface area contributed by atoms with Crippen LogP contribution in [0, 0.1) is 14.9 Å². The molecule has 1 aliphatic rings. The zero-order chi connectivity index (χ0) is 8.55. The molecule has 1 fully saturated rings. The van der Waals surface area contributed by atoms with Crippen molar-refractivity contribution in [2.24, 2.45) is 0 Å². The molecule has 12 heavy (non-hydrogen) atoms. The van der Waals surface area contributed by atoms with E-state index in [0.29, 0.717) is 0 Å². The SMILES string of the molecule is N#Cc1ccc(C2CC2)cc1I. The fourth-order valence-electron chi connectivity index (χ4n) is 1.29. The second-order valence-corrected chi connectivity index (χ2v) is 4.29. The van der Waals surface area contributed by atoms with Gasteiger partial charge in [-0.3, -0.25) is 0 Å². The summed E-state index contributed by atoms with van der Waals surface area (Å²) in [7, 11) is 0. The Kier molecular flexibility index (Phi) is 2.05. The van der Waals surface area contributed by atoms with Gasteiger partial charge >= 0.3 is 0 Å². The molecule has 0 bridgehead atoms. The smallest absolute Gasteiger partial charge is 0.100 e. The van der Waals surface area contributed by atoms with Gasteiger partial charge in [0.2, 0.25) is 0 Å². The minimum Gasteiger partial charge on any atom is -0.192 e. The summed E-state index contributed by atoms with van der Waals surface area (Å²) < 4.78 is 1.08. The van der Waals surface area contributed by atoms with Crippen molar-refractivity contribution in [3.63, 3.8) is 0 Å². The summed E-state index contributed by atoms with van der Waals surface area (Å²) in [6.45, 7) is 0. The van der Waals surface area contributed by atoms with Gasteiger partial charge in [-0.15, -0.1) is 0 Å². The molecule has 2 rings (SSSR count). The van der Waals surface area contributed by atoms with Gasteiger partial charge in [-0.05, 0) is 59.0 Å². The van der Waals surface area contributed by atoms with E-state index < -0.39 is 0 Å². The molecule has 0 N–H and O–H groups in total. The van der Waals surface area contributed by atoms with Crippen LogP contribution in [-0.4, -0.2) is 0 Å². The van der Waals surface area contributed by atoms with Crippen LogP contribution in [0.1, 0.15) is 29.9 Å². The highest BCUT2D eigenvalue weighted by atomic mass is 127. The number of halogens is 1. The normalized spacial score (nSPS) is 15.7. The maximum atomic E-state index is 8.71. The van der Waals surface area contributed by atoms with Gasteiger partial charge in [0.25, 0.3) is 0 Å². The molecule has 0 aromatic heterocycles. The van der Waals surface area contributed by atoms with Crippen molar-refractivity contribution in [2.45, 2.75) is 18.8 Å². The second-order valence-electron chi connectivity index (χ2n) is 3.13. The topological polar surface area (TPSA) is 23.8 Å². The van der Waals surface area contributed by atoms with Crippen LogP contribution in [0.3, 0.4) is 0 Å². The molecule has 1 aromatic rings. The fourth-order valence-corrected chi connectivity index (χ4v) is 1.95. The Morgan fingerprint density at radius 2 is 2.17 bits per heavy atom. The van der Waals surface area contributed by atoms with Crippen LogP contribution in [0.5, 0.6) is 0 Å². The van der Waals surface area contributed by atoms with E-state index in [4.69, 9.17) is 5.26 Å². The number of nitriles is 1. The fraction of sp³-hybridized carbons (Fsp3) is 0.300. The monoisotopic (exact) mass is 269 g/mol. The Hall–Kier alpha value is -0.560. The largest absolute Gasteiger partial charge is 0.192 e. The first-order valence-corrected chi connectivity index (χ1v) is 5.08. The molecule has 0 saturated heterocycles. The minimum absolute atomic E-state index is 0.784. The van der Waals surface area contributed by atoms with E-state index in [1.54, 1.807) is 0 Å². The number of benzene rings is 1. The average Bonchev–Trinajstić information content (AvgIpc) is 2.86. The average molecular weight is 269 g/mol. The second kappa shape index (κ2) is 3.06. The Bertz CT molecular complexity index is 347. The molecular formula is C10H8IN. The van der Waals surface area contributed by atoms with Gasteiger partial charge in [0.1, 0.15) is 6.07 Å². The van der Waals surface area contributed by atoms with Crippen molar-refractivity contribution in [3.8, 4) is 6.07 Å². The Morgan fingerprint density at radius 1 is 1.42 bits per heavy atom. The van der Waals surface area contributed by atoms with Gasteiger partial charge < -0.3 is 0 Å². The Labute approximate surface area is 85.5 Å². The zero-order valence-corrected chi connectivity index (χ0v) is 8.71. The molecule has 1 saturated carbocycles. The molecule has 0 spiro atoms. The predicted octanol–water partition coefficient (Wildman–Crippen LogP) is 3.04. The lowest BCUT2D eigenvalue weighted by atomic mass is 10.1. The van der Waals surface area contributed by atoms with Crippen molar-refractivity contribution >= 4 is 22.6 Å². The van der Waals surface area contributed by atoms with E-state index in [0.717, 1.165) is 15.1 Å². The first kappa shape index (κ1) is 8.06. The van der Waals surface area contributed by atoms with Crippen LogP contribution in [0.4, 0.5) is 0 Å². The number of rotatable bonds is 1. The summed E-state index contributed by atoms with van der Waals surface area (Å²) in [5.41, 5.74) is 2.19.